The van der Waals surface area contributed by atoms with Crippen molar-refractivity contribution in [2.24, 2.45) is 22.7 Å². The van der Waals surface area contributed by atoms with Crippen molar-refractivity contribution in [3.05, 3.63) is 0 Å². The molecule has 7 heteroatoms. The van der Waals surface area contributed by atoms with Gasteiger partial charge in [0.15, 0.2) is 0 Å². The van der Waals surface area contributed by atoms with Gasteiger partial charge in [-0.15, -0.1) is 0 Å². The quantitative estimate of drug-likeness (QED) is 0.0870. The van der Waals surface area contributed by atoms with Crippen molar-refractivity contribution in [1.29, 1.82) is 0 Å². The Morgan fingerprint density at radius 2 is 1.03 bits per heavy atom. The summed E-state index contributed by atoms with van der Waals surface area (Å²) in [7, 11) is 0. The molecule has 0 aliphatic heterocycles. The van der Waals surface area contributed by atoms with E-state index in [9.17, 15) is 9.59 Å². The molecule has 4 nitrogen and oxygen atoms in total. The first-order valence-electron chi connectivity index (χ1n) is 13.3. The van der Waals surface area contributed by atoms with E-state index in [0.29, 0.717) is 35.9 Å². The maximum absolute atomic E-state index is 10.8. The van der Waals surface area contributed by atoms with Gasteiger partial charge in [0, 0.05) is 0 Å². The van der Waals surface area contributed by atoms with Crippen molar-refractivity contribution in [3.8, 4) is 0 Å². The zero-order chi connectivity index (χ0) is 27.9. The molecule has 0 heterocycles. The zero-order valence-corrected chi connectivity index (χ0v) is 29.3. The first-order valence-corrected chi connectivity index (χ1v) is 18.7. The van der Waals surface area contributed by atoms with Crippen LogP contribution < -0.4 is 0 Å². The number of thiol groups is 2. The van der Waals surface area contributed by atoms with E-state index < -0.39 is 0 Å². The molecule has 2 atom stereocenters. The summed E-state index contributed by atoms with van der Waals surface area (Å²) in [6, 6.07) is 0. The summed E-state index contributed by atoms with van der Waals surface area (Å²) in [5, 5.41) is 0. The number of hydrogen-bond donors (Lipinski definition) is 2. The second-order valence-corrected chi connectivity index (χ2v) is 16.8. The Kier molecular flexibility index (Phi) is 28.3. The van der Waals surface area contributed by atoms with E-state index in [-0.39, 0.29) is 44.6 Å². The van der Waals surface area contributed by atoms with E-state index in [4.69, 9.17) is 9.47 Å². The standard InChI is InChI=1S/2C10H20O2S.2C4H9.Sn/c2*1-8(5-10(2,3)4)6-12-9(11)7-13;2*1-3-4-2;/h2*8,13H,5-7H2,1-4H3;2*1,3-4H2,2H3;. The number of unbranched alkanes of at least 4 members (excludes halogenated alkanes) is 2. The van der Waals surface area contributed by atoms with Crippen LogP contribution in [0.25, 0.3) is 0 Å². The van der Waals surface area contributed by atoms with E-state index >= 15 is 0 Å². The number of hydrogen-bond acceptors (Lipinski definition) is 6. The van der Waals surface area contributed by atoms with Crippen LogP contribution in [0.2, 0.25) is 8.87 Å². The molecule has 210 valence electrons. The minimum absolute atomic E-state index is 0.149. The molecule has 0 spiro atoms. The Hall–Kier alpha value is 0.439. The van der Waals surface area contributed by atoms with Crippen LogP contribution in [0.5, 0.6) is 0 Å². The predicted octanol–water partition coefficient (Wildman–Crippen LogP) is 8.19. The van der Waals surface area contributed by atoms with Crippen molar-refractivity contribution in [2.75, 3.05) is 24.7 Å². The molecule has 0 aromatic rings. The van der Waals surface area contributed by atoms with Gasteiger partial charge >= 0.3 is 81.5 Å². The van der Waals surface area contributed by atoms with Crippen LogP contribution in [-0.2, 0) is 19.1 Å². The van der Waals surface area contributed by atoms with Crippen LogP contribution in [0.1, 0.15) is 108 Å². The van der Waals surface area contributed by atoms with Crippen molar-refractivity contribution in [3.63, 3.8) is 0 Å². The van der Waals surface area contributed by atoms with Gasteiger partial charge in [-0.2, -0.15) is 25.3 Å². The maximum atomic E-state index is 10.8. The number of rotatable bonds is 14. The zero-order valence-electron chi connectivity index (χ0n) is 24.7. The van der Waals surface area contributed by atoms with Crippen LogP contribution in [0.3, 0.4) is 0 Å². The van der Waals surface area contributed by atoms with Crippen LogP contribution in [0, 0.1) is 22.7 Å². The molecule has 0 rings (SSSR count). The molecule has 0 saturated carbocycles. The third kappa shape index (κ3) is 39.1. The summed E-state index contributed by atoms with van der Waals surface area (Å²) in [6.45, 7) is 22.9. The van der Waals surface area contributed by atoms with E-state index in [1.54, 1.807) is 8.87 Å². The fraction of sp³-hybridized carbons (Fsp3) is 0.929. The van der Waals surface area contributed by atoms with Crippen molar-refractivity contribution < 1.29 is 19.1 Å². The van der Waals surface area contributed by atoms with Crippen molar-refractivity contribution in [1.82, 2.24) is 0 Å². The molecule has 0 fully saturated rings. The van der Waals surface area contributed by atoms with Crippen LogP contribution in [-0.4, -0.2) is 57.8 Å². The molecule has 2 unspecified atom stereocenters. The van der Waals surface area contributed by atoms with Crippen LogP contribution in [0.4, 0.5) is 0 Å². The Balaban J connectivity index is -0.000000448. The SMILES string of the molecule is CC(COC(=O)CS)CC(C)(C)C.CC(COC(=O)CS)CC(C)(C)C.CCC[CH2][Sn][CH2]CCC. The van der Waals surface area contributed by atoms with Gasteiger partial charge in [-0.3, -0.25) is 9.59 Å². The Bertz CT molecular complexity index is 458. The summed E-state index contributed by atoms with van der Waals surface area (Å²) >= 11 is 7.81. The molecule has 0 aromatic heterocycles. The summed E-state index contributed by atoms with van der Waals surface area (Å²) in [4.78, 5) is 21.6. The summed E-state index contributed by atoms with van der Waals surface area (Å²) < 4.78 is 13.2. The van der Waals surface area contributed by atoms with Crippen LogP contribution in [0.15, 0.2) is 0 Å². The van der Waals surface area contributed by atoms with Gasteiger partial charge < -0.3 is 9.47 Å². The minimum atomic E-state index is -0.232. The molecule has 2 radical (unpaired) electrons. The van der Waals surface area contributed by atoms with E-state index in [2.05, 4.69) is 94.5 Å². The fourth-order valence-electron chi connectivity index (χ4n) is 3.50. The topological polar surface area (TPSA) is 52.6 Å². The molecular weight excluding hydrogens is 583 g/mol. The molecule has 35 heavy (non-hydrogen) atoms. The number of carbonyl (C=O) groups is 2. The Morgan fingerprint density at radius 3 is 1.26 bits per heavy atom. The van der Waals surface area contributed by atoms with Gasteiger partial charge in [-0.25, -0.2) is 0 Å². The normalized spacial score (nSPS) is 12.9. The van der Waals surface area contributed by atoms with Gasteiger partial charge in [-0.05, 0) is 35.5 Å². The van der Waals surface area contributed by atoms with Gasteiger partial charge in [0.1, 0.15) is 0 Å². The molecule has 0 amide bonds. The molecular formula is C28H58O4S2Sn. The second kappa shape index (κ2) is 24.8. The monoisotopic (exact) mass is 642 g/mol. The van der Waals surface area contributed by atoms with Gasteiger partial charge in [-0.1, -0.05) is 55.4 Å². The third-order valence-corrected chi connectivity index (χ3v) is 9.20. The second-order valence-electron chi connectivity index (χ2n) is 11.9. The van der Waals surface area contributed by atoms with Crippen molar-refractivity contribution in [2.45, 2.75) is 117 Å². The molecule has 0 bridgehead atoms. The molecule has 0 aliphatic rings. The number of esters is 2. The van der Waals surface area contributed by atoms with E-state index in [0.717, 1.165) is 12.8 Å². The number of ether oxygens (including phenoxy) is 2. The summed E-state index contributed by atoms with van der Waals surface area (Å²) in [5.41, 5.74) is 0.597. The predicted molar refractivity (Wildman–Crippen MR) is 161 cm³/mol. The summed E-state index contributed by atoms with van der Waals surface area (Å²) in [5.74, 6) is 0.714. The average Bonchev–Trinajstić information content (AvgIpc) is 2.74. The number of carbonyl (C=O) groups excluding carboxylic acids is 2. The molecule has 0 aromatic carbocycles. The van der Waals surface area contributed by atoms with Crippen LogP contribution >= 0.6 is 25.3 Å². The fourth-order valence-corrected chi connectivity index (χ4v) is 7.84. The molecule has 0 saturated heterocycles. The Labute approximate surface area is 240 Å². The first kappa shape index (κ1) is 39.9. The van der Waals surface area contributed by atoms with Gasteiger partial charge in [0.05, 0.1) is 24.7 Å². The third-order valence-electron chi connectivity index (χ3n) is 4.65. The average molecular weight is 642 g/mol. The molecule has 0 N–H and O–H groups in total. The van der Waals surface area contributed by atoms with Gasteiger partial charge in [0.25, 0.3) is 0 Å². The molecule has 0 aliphatic carbocycles. The van der Waals surface area contributed by atoms with Crippen molar-refractivity contribution >= 4 is 58.3 Å². The van der Waals surface area contributed by atoms with E-state index in [1.807, 2.05) is 0 Å². The van der Waals surface area contributed by atoms with E-state index in [1.165, 1.54) is 25.7 Å². The first-order chi connectivity index (χ1) is 16.1. The van der Waals surface area contributed by atoms with Gasteiger partial charge in [0.2, 0.25) is 0 Å². The summed E-state index contributed by atoms with van der Waals surface area (Å²) in [6.07, 6.45) is 7.96. The Morgan fingerprint density at radius 1 is 0.714 bits per heavy atom.